The van der Waals surface area contributed by atoms with Crippen LogP contribution in [0.25, 0.3) is 0 Å². The fourth-order valence-corrected chi connectivity index (χ4v) is 3.00. The summed E-state index contributed by atoms with van der Waals surface area (Å²) in [7, 11) is 0. The molecular formula is C19H27NO5. The quantitative estimate of drug-likeness (QED) is 0.849. The molecule has 0 saturated heterocycles. The predicted octanol–water partition coefficient (Wildman–Crippen LogP) is 2.88. The second-order valence-electron chi connectivity index (χ2n) is 7.21. The Morgan fingerprint density at radius 3 is 2.56 bits per heavy atom. The van der Waals surface area contributed by atoms with Gasteiger partial charge in [0.15, 0.2) is 6.04 Å². The molecule has 0 bridgehead atoms. The monoisotopic (exact) mass is 349 g/mol. The van der Waals surface area contributed by atoms with E-state index in [1.54, 1.807) is 33.8 Å². The van der Waals surface area contributed by atoms with Crippen molar-refractivity contribution in [3.8, 4) is 0 Å². The van der Waals surface area contributed by atoms with E-state index in [1.807, 2.05) is 13.0 Å². The summed E-state index contributed by atoms with van der Waals surface area (Å²) >= 11 is 0. The van der Waals surface area contributed by atoms with E-state index >= 15 is 0 Å². The summed E-state index contributed by atoms with van der Waals surface area (Å²) in [5.74, 6) is -0.484. The largest absolute Gasteiger partial charge is 0.464 e. The topological polar surface area (TPSA) is 76.1 Å². The highest BCUT2D eigenvalue weighted by Crippen LogP contribution is 2.34. The molecule has 0 aliphatic carbocycles. The number of aliphatic hydroxyl groups excluding tert-OH is 1. The standard InChI is InChI=1S/C19H27NO5/c1-6-24-17(22)16-15-10-14(11-21)12(2)9-13(15)7-8-20(16)18(23)25-19(3,4)5/h9-10,16,21H,6-8,11H2,1-5H3. The van der Waals surface area contributed by atoms with Crippen LogP contribution in [0.1, 0.15) is 56.0 Å². The number of carbonyl (C=O) groups is 2. The van der Waals surface area contributed by atoms with Gasteiger partial charge in [0.05, 0.1) is 13.2 Å². The fourth-order valence-electron chi connectivity index (χ4n) is 3.00. The van der Waals surface area contributed by atoms with E-state index in [4.69, 9.17) is 9.47 Å². The molecule has 1 aliphatic rings. The molecule has 1 unspecified atom stereocenters. The lowest BCUT2D eigenvalue weighted by Gasteiger charge is -2.37. The number of hydrogen-bond donors (Lipinski definition) is 1. The number of benzene rings is 1. The lowest BCUT2D eigenvalue weighted by Crippen LogP contribution is -2.46. The van der Waals surface area contributed by atoms with Crippen LogP contribution in [0.2, 0.25) is 0 Å². The highest BCUT2D eigenvalue weighted by Gasteiger charge is 2.39. The van der Waals surface area contributed by atoms with Crippen molar-refractivity contribution in [3.05, 3.63) is 34.4 Å². The van der Waals surface area contributed by atoms with Crippen molar-refractivity contribution in [3.63, 3.8) is 0 Å². The van der Waals surface area contributed by atoms with E-state index in [2.05, 4.69) is 0 Å². The Kier molecular flexibility index (Phi) is 5.72. The lowest BCUT2D eigenvalue weighted by atomic mass is 9.89. The number of fused-ring (bicyclic) bond motifs is 1. The second kappa shape index (κ2) is 7.44. The maximum atomic E-state index is 12.6. The minimum absolute atomic E-state index is 0.124. The number of aryl methyl sites for hydroxylation is 1. The number of rotatable bonds is 3. The van der Waals surface area contributed by atoms with Gasteiger partial charge < -0.3 is 14.6 Å². The minimum atomic E-state index is -0.857. The third kappa shape index (κ3) is 4.31. The number of aliphatic hydroxyl groups is 1. The maximum Gasteiger partial charge on any atom is 0.411 e. The van der Waals surface area contributed by atoms with E-state index in [0.29, 0.717) is 18.5 Å². The average molecular weight is 349 g/mol. The van der Waals surface area contributed by atoms with Crippen molar-refractivity contribution in [1.82, 2.24) is 4.90 Å². The normalized spacial score (nSPS) is 17.0. The molecule has 1 N–H and O–H groups in total. The Bertz CT molecular complexity index is 663. The zero-order valence-corrected chi connectivity index (χ0v) is 15.6. The Hall–Kier alpha value is -2.08. The number of nitrogens with zero attached hydrogens (tertiary/aromatic N) is 1. The molecule has 1 aromatic carbocycles. The SMILES string of the molecule is CCOC(=O)C1c2cc(CO)c(C)cc2CCN1C(=O)OC(C)(C)C. The summed E-state index contributed by atoms with van der Waals surface area (Å²) in [5.41, 5.74) is 2.74. The molecule has 1 amide bonds. The van der Waals surface area contributed by atoms with Gasteiger partial charge in [0.1, 0.15) is 5.60 Å². The minimum Gasteiger partial charge on any atom is -0.464 e. The highest BCUT2D eigenvalue weighted by molar-refractivity contribution is 5.84. The van der Waals surface area contributed by atoms with Gasteiger partial charge in [0, 0.05) is 6.54 Å². The summed E-state index contributed by atoms with van der Waals surface area (Å²) < 4.78 is 10.7. The molecular weight excluding hydrogens is 322 g/mol. The molecule has 0 saturated carbocycles. The van der Waals surface area contributed by atoms with Crippen LogP contribution in [0.5, 0.6) is 0 Å². The zero-order valence-electron chi connectivity index (χ0n) is 15.6. The van der Waals surface area contributed by atoms with Crippen LogP contribution in [0.4, 0.5) is 4.79 Å². The van der Waals surface area contributed by atoms with Crippen LogP contribution in [-0.4, -0.2) is 40.8 Å². The number of carbonyl (C=O) groups excluding carboxylic acids is 2. The van der Waals surface area contributed by atoms with Crippen LogP contribution in [0.3, 0.4) is 0 Å². The second-order valence-corrected chi connectivity index (χ2v) is 7.21. The van der Waals surface area contributed by atoms with Gasteiger partial charge in [-0.2, -0.15) is 0 Å². The van der Waals surface area contributed by atoms with Crippen LogP contribution < -0.4 is 0 Å². The van der Waals surface area contributed by atoms with E-state index in [-0.39, 0.29) is 13.2 Å². The molecule has 1 atom stereocenters. The number of esters is 1. The molecule has 6 nitrogen and oxygen atoms in total. The third-order valence-corrected chi connectivity index (χ3v) is 4.13. The van der Waals surface area contributed by atoms with Crippen molar-refractivity contribution in [2.75, 3.05) is 13.2 Å². The smallest absolute Gasteiger partial charge is 0.411 e. The van der Waals surface area contributed by atoms with Crippen LogP contribution in [0, 0.1) is 6.92 Å². The fraction of sp³-hybridized carbons (Fsp3) is 0.579. The molecule has 138 valence electrons. The predicted molar refractivity (Wildman–Crippen MR) is 93.1 cm³/mol. The molecule has 0 radical (unpaired) electrons. The first kappa shape index (κ1) is 19.2. The van der Waals surface area contributed by atoms with Crippen molar-refractivity contribution in [2.45, 2.75) is 59.3 Å². The van der Waals surface area contributed by atoms with Gasteiger partial charge in [-0.25, -0.2) is 9.59 Å². The summed E-state index contributed by atoms with van der Waals surface area (Å²) in [5, 5.41) is 9.55. The van der Waals surface area contributed by atoms with E-state index in [0.717, 1.165) is 16.7 Å². The zero-order chi connectivity index (χ0) is 18.8. The van der Waals surface area contributed by atoms with Gasteiger partial charge in [-0.1, -0.05) is 12.1 Å². The molecule has 0 spiro atoms. The number of ether oxygens (including phenoxy) is 2. The van der Waals surface area contributed by atoms with E-state index < -0.39 is 23.7 Å². The molecule has 1 heterocycles. The first-order chi connectivity index (χ1) is 11.7. The Morgan fingerprint density at radius 2 is 2.00 bits per heavy atom. The summed E-state index contributed by atoms with van der Waals surface area (Å²) in [4.78, 5) is 26.6. The third-order valence-electron chi connectivity index (χ3n) is 4.13. The van der Waals surface area contributed by atoms with Crippen molar-refractivity contribution < 1.29 is 24.2 Å². The van der Waals surface area contributed by atoms with Gasteiger partial charge in [-0.15, -0.1) is 0 Å². The van der Waals surface area contributed by atoms with Gasteiger partial charge in [-0.05, 0) is 63.3 Å². The molecule has 1 aliphatic heterocycles. The Morgan fingerprint density at radius 1 is 1.32 bits per heavy atom. The molecule has 0 fully saturated rings. The lowest BCUT2D eigenvalue weighted by molar-refractivity contribution is -0.150. The Labute approximate surface area is 148 Å². The molecule has 1 aromatic rings. The average Bonchev–Trinajstić information content (AvgIpc) is 2.51. The summed E-state index contributed by atoms with van der Waals surface area (Å²) in [6.45, 7) is 9.50. The van der Waals surface area contributed by atoms with Crippen molar-refractivity contribution in [2.24, 2.45) is 0 Å². The van der Waals surface area contributed by atoms with Gasteiger partial charge in [0.2, 0.25) is 0 Å². The van der Waals surface area contributed by atoms with Gasteiger partial charge >= 0.3 is 12.1 Å². The molecule has 0 aromatic heterocycles. The molecule has 25 heavy (non-hydrogen) atoms. The summed E-state index contributed by atoms with van der Waals surface area (Å²) in [6, 6.07) is 2.91. The molecule has 2 rings (SSSR count). The van der Waals surface area contributed by atoms with E-state index in [1.165, 1.54) is 4.90 Å². The van der Waals surface area contributed by atoms with Crippen LogP contribution in [-0.2, 0) is 27.3 Å². The van der Waals surface area contributed by atoms with Gasteiger partial charge in [-0.3, -0.25) is 4.90 Å². The van der Waals surface area contributed by atoms with Crippen molar-refractivity contribution in [1.29, 1.82) is 0 Å². The summed E-state index contributed by atoms with van der Waals surface area (Å²) in [6.07, 6.45) is 0.0825. The number of hydrogen-bond acceptors (Lipinski definition) is 5. The van der Waals surface area contributed by atoms with E-state index in [9.17, 15) is 14.7 Å². The van der Waals surface area contributed by atoms with Crippen LogP contribution >= 0.6 is 0 Å². The maximum absolute atomic E-state index is 12.6. The van der Waals surface area contributed by atoms with Gasteiger partial charge in [0.25, 0.3) is 0 Å². The first-order valence-corrected chi connectivity index (χ1v) is 8.57. The Balaban J connectivity index is 2.46. The number of amides is 1. The van der Waals surface area contributed by atoms with Crippen molar-refractivity contribution >= 4 is 12.1 Å². The molecule has 6 heteroatoms. The van der Waals surface area contributed by atoms with Crippen LogP contribution in [0.15, 0.2) is 12.1 Å². The highest BCUT2D eigenvalue weighted by atomic mass is 16.6. The first-order valence-electron chi connectivity index (χ1n) is 8.57.